The van der Waals surface area contributed by atoms with Crippen LogP contribution < -0.4 is 5.32 Å². The number of benzene rings is 1. The van der Waals surface area contributed by atoms with Crippen LogP contribution in [0.2, 0.25) is 0 Å². The molecule has 0 radical (unpaired) electrons. The Morgan fingerprint density at radius 2 is 1.73 bits per heavy atom. The van der Waals surface area contributed by atoms with Gasteiger partial charge in [-0.1, -0.05) is 11.3 Å². The Morgan fingerprint density at radius 3 is 2.36 bits per heavy atom. The molecule has 9 heteroatoms. The minimum absolute atomic E-state index is 0.0567. The molecule has 4 aliphatic carbocycles. The zero-order valence-electron chi connectivity index (χ0n) is 19.1. The molecule has 1 aromatic carbocycles. The van der Waals surface area contributed by atoms with Crippen LogP contribution in [-0.2, 0) is 14.8 Å². The van der Waals surface area contributed by atoms with Gasteiger partial charge in [0, 0.05) is 32.6 Å². The lowest BCUT2D eigenvalue weighted by Crippen LogP contribution is -2.47. The summed E-state index contributed by atoms with van der Waals surface area (Å²) in [6.07, 6.45) is 8.34. The molecular formula is C24H32N4O3S2. The predicted octanol–water partition coefficient (Wildman–Crippen LogP) is 3.78. The molecule has 4 saturated carbocycles. The highest BCUT2D eigenvalue weighted by molar-refractivity contribution is 7.89. The van der Waals surface area contributed by atoms with Crippen molar-refractivity contribution in [3.63, 3.8) is 0 Å². The number of aromatic nitrogens is 1. The summed E-state index contributed by atoms with van der Waals surface area (Å²) in [4.78, 5) is 20.0. The van der Waals surface area contributed by atoms with E-state index in [4.69, 9.17) is 0 Å². The van der Waals surface area contributed by atoms with Crippen molar-refractivity contribution < 1.29 is 13.2 Å². The second-order valence-electron chi connectivity index (χ2n) is 11.0. The Bertz CT molecular complexity index is 1150. The zero-order valence-corrected chi connectivity index (χ0v) is 20.8. The molecule has 178 valence electrons. The van der Waals surface area contributed by atoms with Gasteiger partial charge in [-0.2, -0.15) is 4.31 Å². The summed E-state index contributed by atoms with van der Waals surface area (Å²) in [5, 5.41) is 3.60. The van der Waals surface area contributed by atoms with E-state index in [1.165, 1.54) is 49.9 Å². The van der Waals surface area contributed by atoms with E-state index < -0.39 is 10.0 Å². The summed E-state index contributed by atoms with van der Waals surface area (Å²) >= 11 is 1.36. The Labute approximate surface area is 199 Å². The van der Waals surface area contributed by atoms with Gasteiger partial charge in [0.25, 0.3) is 0 Å². The van der Waals surface area contributed by atoms with Gasteiger partial charge in [0.05, 0.1) is 15.1 Å². The monoisotopic (exact) mass is 488 g/mol. The first-order chi connectivity index (χ1) is 15.8. The van der Waals surface area contributed by atoms with Crippen molar-refractivity contribution in [3.05, 3.63) is 18.2 Å². The number of thiazole rings is 1. The fraction of sp³-hybridized carbons (Fsp3) is 0.667. The maximum absolute atomic E-state index is 13.1. The van der Waals surface area contributed by atoms with Crippen LogP contribution in [0.4, 0.5) is 5.13 Å². The molecule has 2 heterocycles. The maximum Gasteiger partial charge on any atom is 0.243 e. The van der Waals surface area contributed by atoms with E-state index in [-0.39, 0.29) is 11.3 Å². The van der Waals surface area contributed by atoms with Crippen LogP contribution in [0.15, 0.2) is 23.1 Å². The Hall–Kier alpha value is -1.55. The van der Waals surface area contributed by atoms with Gasteiger partial charge in [0.1, 0.15) is 0 Å². The largest absolute Gasteiger partial charge is 0.304 e. The molecule has 7 rings (SSSR count). The number of nitrogens with zero attached hydrogens (tertiary/aromatic N) is 3. The maximum atomic E-state index is 13.1. The molecule has 0 spiro atoms. The van der Waals surface area contributed by atoms with Crippen LogP contribution >= 0.6 is 11.3 Å². The molecule has 33 heavy (non-hydrogen) atoms. The number of nitrogens with one attached hydrogen (secondary N) is 1. The highest BCUT2D eigenvalue weighted by atomic mass is 32.2. The van der Waals surface area contributed by atoms with Crippen LogP contribution in [0.1, 0.15) is 44.9 Å². The Balaban J connectivity index is 1.16. The van der Waals surface area contributed by atoms with Gasteiger partial charge in [-0.05, 0) is 86.9 Å². The predicted molar refractivity (Wildman–Crippen MR) is 130 cm³/mol. The SMILES string of the molecule is CN1CCN(S(=O)(=O)c2ccc3nc(NC(=O)CC45CC6CC(CC(C6)C4)C5)sc3c2)CC1. The normalized spacial score (nSPS) is 32.5. The Morgan fingerprint density at radius 1 is 1.09 bits per heavy atom. The van der Waals surface area contributed by atoms with Crippen LogP contribution in [-0.4, -0.2) is 61.7 Å². The van der Waals surface area contributed by atoms with Gasteiger partial charge < -0.3 is 10.2 Å². The molecule has 4 bridgehead atoms. The molecule has 5 aliphatic rings. The standard InChI is InChI=1S/C24H32N4O3S2/c1-27-4-6-28(7-5-27)33(30,31)19-2-3-20-21(11-19)32-23(25-20)26-22(29)15-24-12-16-8-17(13-24)10-18(9-16)14-24/h2-3,11,16-18H,4-10,12-15H2,1H3,(H,25,26,29). The number of amides is 1. The first-order valence-corrected chi connectivity index (χ1v) is 14.4. The van der Waals surface area contributed by atoms with Crippen LogP contribution in [0.25, 0.3) is 10.2 Å². The summed E-state index contributed by atoms with van der Waals surface area (Å²) in [5.74, 6) is 2.54. The van der Waals surface area contributed by atoms with Gasteiger partial charge >= 0.3 is 0 Å². The number of carbonyl (C=O) groups is 1. The average Bonchev–Trinajstić information content (AvgIpc) is 3.13. The van der Waals surface area contributed by atoms with Crippen molar-refractivity contribution >= 4 is 42.6 Å². The lowest BCUT2D eigenvalue weighted by molar-refractivity contribution is -0.124. The molecule has 1 aromatic heterocycles. The van der Waals surface area contributed by atoms with Crippen LogP contribution in [0, 0.1) is 23.2 Å². The smallest absolute Gasteiger partial charge is 0.243 e. The lowest BCUT2D eigenvalue weighted by Gasteiger charge is -2.56. The number of carbonyl (C=O) groups excluding carboxylic acids is 1. The quantitative estimate of drug-likeness (QED) is 0.693. The topological polar surface area (TPSA) is 82.6 Å². The minimum atomic E-state index is -3.52. The van der Waals surface area contributed by atoms with Crippen molar-refractivity contribution in [2.24, 2.45) is 23.2 Å². The number of likely N-dealkylation sites (N-methyl/N-ethyl adjacent to an activating group) is 1. The van der Waals surface area contributed by atoms with E-state index in [1.54, 1.807) is 22.5 Å². The third kappa shape index (κ3) is 4.11. The number of piperazine rings is 1. The summed E-state index contributed by atoms with van der Waals surface area (Å²) in [5.41, 5.74) is 0.918. The molecule has 1 aliphatic heterocycles. The fourth-order valence-electron chi connectivity index (χ4n) is 7.31. The summed E-state index contributed by atoms with van der Waals surface area (Å²) < 4.78 is 28.5. The number of rotatable bonds is 5. The number of sulfonamides is 1. The van der Waals surface area contributed by atoms with Gasteiger partial charge in [0.15, 0.2) is 5.13 Å². The van der Waals surface area contributed by atoms with Crippen molar-refractivity contribution in [3.8, 4) is 0 Å². The number of anilines is 1. The van der Waals surface area contributed by atoms with Gasteiger partial charge in [-0.3, -0.25) is 4.79 Å². The van der Waals surface area contributed by atoms with E-state index in [2.05, 4.69) is 15.2 Å². The first kappa shape index (κ1) is 21.9. The average molecular weight is 489 g/mol. The third-order valence-electron chi connectivity index (χ3n) is 8.41. The van der Waals surface area contributed by atoms with E-state index in [0.717, 1.165) is 41.1 Å². The first-order valence-electron chi connectivity index (χ1n) is 12.2. The van der Waals surface area contributed by atoms with Crippen molar-refractivity contribution in [2.45, 2.75) is 49.8 Å². The van der Waals surface area contributed by atoms with Gasteiger partial charge in [-0.15, -0.1) is 0 Å². The minimum Gasteiger partial charge on any atom is -0.304 e. The zero-order chi connectivity index (χ0) is 22.8. The van der Waals surface area contributed by atoms with E-state index in [9.17, 15) is 13.2 Å². The molecule has 2 aromatic rings. The van der Waals surface area contributed by atoms with Crippen molar-refractivity contribution in [1.82, 2.24) is 14.2 Å². The van der Waals surface area contributed by atoms with E-state index >= 15 is 0 Å². The molecule has 1 saturated heterocycles. The lowest BCUT2D eigenvalue weighted by atomic mass is 9.49. The second-order valence-corrected chi connectivity index (χ2v) is 14.0. The third-order valence-corrected chi connectivity index (χ3v) is 11.2. The van der Waals surface area contributed by atoms with E-state index in [1.807, 2.05) is 7.05 Å². The molecule has 0 unspecified atom stereocenters. The molecular weight excluding hydrogens is 456 g/mol. The molecule has 7 nitrogen and oxygen atoms in total. The molecule has 1 N–H and O–H groups in total. The van der Waals surface area contributed by atoms with Crippen LogP contribution in [0.3, 0.4) is 0 Å². The fourth-order valence-corrected chi connectivity index (χ4v) is 9.75. The van der Waals surface area contributed by atoms with Crippen molar-refractivity contribution in [2.75, 3.05) is 38.5 Å². The van der Waals surface area contributed by atoms with Gasteiger partial charge in [0.2, 0.25) is 15.9 Å². The summed E-state index contributed by atoms with van der Waals surface area (Å²) in [6, 6.07) is 5.09. The second kappa shape index (κ2) is 8.00. The summed E-state index contributed by atoms with van der Waals surface area (Å²) in [7, 11) is -1.52. The number of fused-ring (bicyclic) bond motifs is 1. The molecule has 1 amide bonds. The van der Waals surface area contributed by atoms with Gasteiger partial charge in [-0.25, -0.2) is 13.4 Å². The molecule has 5 fully saturated rings. The Kier molecular flexibility index (Phi) is 5.32. The van der Waals surface area contributed by atoms with E-state index in [0.29, 0.717) is 29.5 Å². The highest BCUT2D eigenvalue weighted by Crippen LogP contribution is 2.61. The highest BCUT2D eigenvalue weighted by Gasteiger charge is 2.51. The molecule has 0 atom stereocenters. The van der Waals surface area contributed by atoms with Crippen LogP contribution in [0.5, 0.6) is 0 Å². The summed E-state index contributed by atoms with van der Waals surface area (Å²) in [6.45, 7) is 2.49. The number of hydrogen-bond acceptors (Lipinski definition) is 6. The number of hydrogen-bond donors (Lipinski definition) is 1. The van der Waals surface area contributed by atoms with Crippen molar-refractivity contribution in [1.29, 1.82) is 0 Å².